The van der Waals surface area contributed by atoms with E-state index in [-0.39, 0.29) is 21.1 Å². The zero-order valence-corrected chi connectivity index (χ0v) is 12.1. The minimum Gasteiger partial charge on any atom is -0.480 e. The molecule has 0 spiro atoms. The van der Waals surface area contributed by atoms with E-state index in [4.69, 9.17) is 0 Å². The summed E-state index contributed by atoms with van der Waals surface area (Å²) in [5, 5.41) is 0. The van der Waals surface area contributed by atoms with Gasteiger partial charge in [-0.3, -0.25) is 6.07 Å². The molecule has 0 aliphatic carbocycles. The van der Waals surface area contributed by atoms with Crippen LogP contribution in [0.1, 0.15) is 32.9 Å². The van der Waals surface area contributed by atoms with Gasteiger partial charge in [0.1, 0.15) is 0 Å². The zero-order chi connectivity index (χ0) is 10.1. The molecule has 1 heterocycles. The van der Waals surface area contributed by atoms with Gasteiger partial charge >= 0.3 is 21.1 Å². The van der Waals surface area contributed by atoms with Crippen molar-refractivity contribution in [1.82, 2.24) is 4.98 Å². The molecule has 0 aromatic carbocycles. The van der Waals surface area contributed by atoms with Crippen LogP contribution in [0.3, 0.4) is 0 Å². The molecular formula is C11H16N2W. The number of aryl methyl sites for hydroxylation is 1. The summed E-state index contributed by atoms with van der Waals surface area (Å²) in [5.74, 6) is 0. The largest absolute Gasteiger partial charge is 2.00 e. The summed E-state index contributed by atoms with van der Waals surface area (Å²) in [6.45, 7) is 7.90. The van der Waals surface area contributed by atoms with Crippen molar-refractivity contribution in [3.63, 3.8) is 0 Å². The molecule has 0 fully saturated rings. The third-order valence-corrected chi connectivity index (χ3v) is 1.25. The van der Waals surface area contributed by atoms with Crippen molar-refractivity contribution in [2.75, 3.05) is 0 Å². The van der Waals surface area contributed by atoms with Gasteiger partial charge in [0.05, 0.1) is 0 Å². The molecule has 0 radical (unpaired) electrons. The Bertz CT molecular complexity index is 259. The summed E-state index contributed by atoms with van der Waals surface area (Å²) in [4.78, 5) is 8.12. The Labute approximate surface area is 101 Å². The molecule has 1 aromatic heterocycles. The molecule has 3 heteroatoms. The Morgan fingerprint density at radius 1 is 1.50 bits per heavy atom. The molecule has 0 aliphatic heterocycles. The van der Waals surface area contributed by atoms with Gasteiger partial charge in [-0.1, -0.05) is 40.3 Å². The topological polar surface area (TPSA) is 25.2 Å². The molecule has 76 valence electrons. The van der Waals surface area contributed by atoms with Gasteiger partial charge in [-0.15, -0.1) is 5.69 Å². The second-order valence-corrected chi connectivity index (χ2v) is 2.15. The number of hydrogen-bond donors (Lipinski definition) is 0. The van der Waals surface area contributed by atoms with Gasteiger partial charge in [0, 0.05) is 0 Å². The van der Waals surface area contributed by atoms with Crippen molar-refractivity contribution >= 4 is 11.9 Å². The van der Waals surface area contributed by atoms with Crippen LogP contribution >= 0.6 is 0 Å². The summed E-state index contributed by atoms with van der Waals surface area (Å²) in [6.07, 6.45) is 5.39. The number of hydrogen-bond acceptors (Lipinski definition) is 2. The molecule has 0 aliphatic rings. The van der Waals surface area contributed by atoms with Gasteiger partial charge < -0.3 is 9.98 Å². The van der Waals surface area contributed by atoms with Crippen LogP contribution in [-0.4, -0.2) is 11.2 Å². The summed E-state index contributed by atoms with van der Waals surface area (Å²) < 4.78 is 0. The summed E-state index contributed by atoms with van der Waals surface area (Å²) in [6, 6.07) is 4.73. The fourth-order valence-corrected chi connectivity index (χ4v) is 0.702. The summed E-state index contributed by atoms with van der Waals surface area (Å²) >= 11 is 0. The van der Waals surface area contributed by atoms with Crippen LogP contribution in [0.15, 0.2) is 17.3 Å². The predicted octanol–water partition coefficient (Wildman–Crippen LogP) is 3.20. The first-order chi connectivity index (χ1) is 6.34. The summed E-state index contributed by atoms with van der Waals surface area (Å²) in [7, 11) is 0. The van der Waals surface area contributed by atoms with E-state index in [9.17, 15) is 0 Å². The van der Waals surface area contributed by atoms with Crippen molar-refractivity contribution in [3.05, 3.63) is 24.0 Å². The number of aliphatic imine (C=N–C) groups is 1. The van der Waals surface area contributed by atoms with Gasteiger partial charge in [0.15, 0.2) is 0 Å². The molecule has 14 heavy (non-hydrogen) atoms. The molecule has 2 nitrogen and oxygen atoms in total. The first-order valence-corrected chi connectivity index (χ1v) is 4.61. The Morgan fingerprint density at radius 2 is 2.14 bits per heavy atom. The van der Waals surface area contributed by atoms with E-state index in [1.165, 1.54) is 0 Å². The smallest absolute Gasteiger partial charge is 0.480 e. The number of aromatic nitrogens is 1. The van der Waals surface area contributed by atoms with Crippen LogP contribution in [0.25, 0.3) is 0 Å². The van der Waals surface area contributed by atoms with Gasteiger partial charge in [-0.25, -0.2) is 0 Å². The van der Waals surface area contributed by atoms with Crippen molar-refractivity contribution in [1.29, 1.82) is 0 Å². The number of pyridine rings is 1. The maximum Gasteiger partial charge on any atom is 2.00 e. The van der Waals surface area contributed by atoms with Gasteiger partial charge in [0.2, 0.25) is 0 Å². The van der Waals surface area contributed by atoms with Crippen molar-refractivity contribution in [2.45, 2.75) is 34.1 Å². The van der Waals surface area contributed by atoms with Crippen molar-refractivity contribution in [3.8, 4) is 0 Å². The third kappa shape index (κ3) is 6.04. The van der Waals surface area contributed by atoms with Crippen LogP contribution in [0.4, 0.5) is 5.69 Å². The van der Waals surface area contributed by atoms with E-state index >= 15 is 0 Å². The fourth-order valence-electron chi connectivity index (χ4n) is 0.702. The van der Waals surface area contributed by atoms with Gasteiger partial charge in [0.25, 0.3) is 0 Å². The minimum absolute atomic E-state index is 0. The van der Waals surface area contributed by atoms with Crippen molar-refractivity contribution < 1.29 is 21.1 Å². The Morgan fingerprint density at radius 3 is 2.64 bits per heavy atom. The predicted molar refractivity (Wildman–Crippen MR) is 56.5 cm³/mol. The van der Waals surface area contributed by atoms with Crippen LogP contribution in [0.5, 0.6) is 0 Å². The maximum absolute atomic E-state index is 4.07. The average molecular weight is 360 g/mol. The molecule has 0 saturated heterocycles. The molecule has 0 bridgehead atoms. The Hall–Kier alpha value is -0.492. The molecule has 1 aromatic rings. The number of nitrogens with zero attached hydrogens (tertiary/aromatic N) is 2. The Kier molecular flexibility index (Phi) is 12.1. The Balaban J connectivity index is 0. The van der Waals surface area contributed by atoms with Crippen LogP contribution in [0.2, 0.25) is 0 Å². The van der Waals surface area contributed by atoms with Crippen molar-refractivity contribution in [2.24, 2.45) is 4.99 Å². The quantitative estimate of drug-likeness (QED) is 0.588. The van der Waals surface area contributed by atoms with E-state index in [0.29, 0.717) is 0 Å². The normalized spacial score (nSPS) is 8.86. The van der Waals surface area contributed by atoms with Gasteiger partial charge in [-0.2, -0.15) is 18.0 Å². The fraction of sp³-hybridized carbons (Fsp3) is 0.455. The van der Waals surface area contributed by atoms with Crippen LogP contribution in [-0.2, 0) is 21.1 Å². The molecule has 0 N–H and O–H groups in total. The maximum atomic E-state index is 4.07. The molecular weight excluding hydrogens is 344 g/mol. The first kappa shape index (κ1) is 16.0. The monoisotopic (exact) mass is 360 g/mol. The molecule has 0 saturated carbocycles. The van der Waals surface area contributed by atoms with Crippen LogP contribution in [0, 0.1) is 13.0 Å². The van der Waals surface area contributed by atoms with E-state index in [1.807, 2.05) is 27.7 Å². The molecule has 0 atom stereocenters. The molecule has 0 unspecified atom stereocenters. The van der Waals surface area contributed by atoms with E-state index in [0.717, 1.165) is 17.8 Å². The second-order valence-electron chi connectivity index (χ2n) is 2.15. The van der Waals surface area contributed by atoms with Gasteiger partial charge in [-0.05, 0) is 0 Å². The number of rotatable bonds is 2. The van der Waals surface area contributed by atoms with E-state index in [2.05, 4.69) is 22.3 Å². The van der Waals surface area contributed by atoms with Crippen LogP contribution < -0.4 is 0 Å². The standard InChI is InChI=1S/C9H10N2.C2H6.W/c1-3-6-11-9-5-4-7-10-8(9)2;1-2;/h4,7H,3H2,1-2H3;1-2H3;/q-2;;+2. The summed E-state index contributed by atoms with van der Waals surface area (Å²) in [5.41, 5.74) is 1.68. The SMILES string of the molecule is CC.CC[C-]=Nc1[c-]ccnc1C.[W+2]. The molecule has 0 amide bonds. The zero-order valence-electron chi connectivity index (χ0n) is 9.16. The molecule has 1 rings (SSSR count). The minimum atomic E-state index is 0. The second kappa shape index (κ2) is 10.6. The third-order valence-electron chi connectivity index (χ3n) is 1.25. The van der Waals surface area contributed by atoms with E-state index < -0.39 is 0 Å². The first-order valence-electron chi connectivity index (χ1n) is 4.61. The van der Waals surface area contributed by atoms with E-state index in [1.54, 1.807) is 12.3 Å². The average Bonchev–Trinajstić information content (AvgIpc) is 2.20.